The number of aromatic nitrogens is 1. The summed E-state index contributed by atoms with van der Waals surface area (Å²) >= 11 is 1.28. The molecule has 90 valence electrons. The summed E-state index contributed by atoms with van der Waals surface area (Å²) in [5.41, 5.74) is 0.877. The maximum atomic E-state index is 13.8. The first-order chi connectivity index (χ1) is 8.13. The van der Waals surface area contributed by atoms with Crippen LogP contribution in [0.15, 0.2) is 23.6 Å². The number of thiazole rings is 1. The average molecular weight is 253 g/mol. The van der Waals surface area contributed by atoms with Gasteiger partial charge in [-0.2, -0.15) is 0 Å². The molecule has 17 heavy (non-hydrogen) atoms. The Kier molecular flexibility index (Phi) is 3.40. The van der Waals surface area contributed by atoms with E-state index in [-0.39, 0.29) is 5.82 Å². The van der Waals surface area contributed by atoms with E-state index in [2.05, 4.69) is 4.98 Å². The number of rotatable bonds is 3. The molecule has 0 bridgehead atoms. The van der Waals surface area contributed by atoms with Crippen molar-refractivity contribution in [2.24, 2.45) is 0 Å². The molecule has 0 spiro atoms. The minimum absolute atomic E-state index is 0.340. The van der Waals surface area contributed by atoms with Crippen LogP contribution in [0.5, 0.6) is 5.75 Å². The first-order valence-electron chi connectivity index (χ1n) is 5.10. The lowest BCUT2D eigenvalue weighted by Crippen LogP contribution is -1.93. The van der Waals surface area contributed by atoms with Crippen molar-refractivity contribution < 1.29 is 14.2 Å². The Morgan fingerprint density at radius 3 is 2.82 bits per heavy atom. The third-order valence-corrected chi connectivity index (χ3v) is 3.24. The number of ether oxygens (including phenoxy) is 1. The number of aliphatic hydroxyl groups excluding tert-OH is 1. The van der Waals surface area contributed by atoms with Crippen LogP contribution in [0.1, 0.15) is 18.7 Å². The highest BCUT2D eigenvalue weighted by Crippen LogP contribution is 2.35. The Morgan fingerprint density at radius 1 is 1.47 bits per heavy atom. The molecule has 0 aliphatic carbocycles. The Balaban J connectivity index is 2.51. The van der Waals surface area contributed by atoms with Gasteiger partial charge in [0.15, 0.2) is 0 Å². The van der Waals surface area contributed by atoms with E-state index < -0.39 is 6.10 Å². The van der Waals surface area contributed by atoms with Crippen molar-refractivity contribution in [1.29, 1.82) is 0 Å². The average Bonchev–Trinajstić information content (AvgIpc) is 2.77. The lowest BCUT2D eigenvalue weighted by atomic mass is 10.2. The lowest BCUT2D eigenvalue weighted by Gasteiger charge is -2.06. The first kappa shape index (κ1) is 12.0. The largest absolute Gasteiger partial charge is 0.496 e. The summed E-state index contributed by atoms with van der Waals surface area (Å²) in [7, 11) is 1.49. The molecular weight excluding hydrogens is 241 g/mol. The highest BCUT2D eigenvalue weighted by atomic mass is 32.1. The van der Waals surface area contributed by atoms with E-state index in [1.54, 1.807) is 24.4 Å². The molecule has 0 fully saturated rings. The second kappa shape index (κ2) is 4.81. The van der Waals surface area contributed by atoms with E-state index in [1.807, 2.05) is 0 Å². The number of benzene rings is 1. The van der Waals surface area contributed by atoms with Crippen molar-refractivity contribution in [2.45, 2.75) is 13.0 Å². The molecule has 0 amide bonds. The molecule has 1 aromatic heterocycles. The van der Waals surface area contributed by atoms with Crippen molar-refractivity contribution in [1.82, 2.24) is 4.98 Å². The Hall–Kier alpha value is -1.46. The van der Waals surface area contributed by atoms with Crippen LogP contribution in [-0.2, 0) is 0 Å². The van der Waals surface area contributed by atoms with Crippen LogP contribution < -0.4 is 4.74 Å². The van der Waals surface area contributed by atoms with Crippen molar-refractivity contribution in [3.8, 4) is 16.3 Å². The number of nitrogens with zero attached hydrogens (tertiary/aromatic N) is 1. The smallest absolute Gasteiger partial charge is 0.137 e. The maximum Gasteiger partial charge on any atom is 0.137 e. The van der Waals surface area contributed by atoms with Gasteiger partial charge in [-0.25, -0.2) is 9.37 Å². The van der Waals surface area contributed by atoms with Crippen molar-refractivity contribution in [2.75, 3.05) is 7.11 Å². The van der Waals surface area contributed by atoms with Crippen molar-refractivity contribution >= 4 is 11.3 Å². The van der Waals surface area contributed by atoms with Gasteiger partial charge in [-0.15, -0.1) is 11.3 Å². The molecule has 0 aliphatic rings. The van der Waals surface area contributed by atoms with Gasteiger partial charge in [0.25, 0.3) is 0 Å². The van der Waals surface area contributed by atoms with Gasteiger partial charge in [0, 0.05) is 5.38 Å². The van der Waals surface area contributed by atoms with E-state index in [4.69, 9.17) is 4.74 Å². The van der Waals surface area contributed by atoms with Crippen LogP contribution in [0.4, 0.5) is 4.39 Å². The van der Waals surface area contributed by atoms with Gasteiger partial charge in [-0.1, -0.05) is 6.07 Å². The van der Waals surface area contributed by atoms with Crippen LogP contribution in [0.2, 0.25) is 0 Å². The molecule has 1 N–H and O–H groups in total. The van der Waals surface area contributed by atoms with Gasteiger partial charge in [-0.3, -0.25) is 0 Å². The topological polar surface area (TPSA) is 42.4 Å². The number of aliphatic hydroxyl groups is 1. The number of hydrogen-bond acceptors (Lipinski definition) is 4. The summed E-state index contributed by atoms with van der Waals surface area (Å²) in [6, 6.07) is 4.63. The summed E-state index contributed by atoms with van der Waals surface area (Å²) in [4.78, 5) is 4.20. The fourth-order valence-corrected chi connectivity index (χ4v) is 2.43. The van der Waals surface area contributed by atoms with Gasteiger partial charge in [-0.05, 0) is 19.1 Å². The summed E-state index contributed by atoms with van der Waals surface area (Å²) in [6.45, 7) is 1.62. The molecule has 3 nitrogen and oxygen atoms in total. The Bertz CT molecular complexity index is 525. The predicted octanol–water partition coefficient (Wildman–Crippen LogP) is 3.01. The highest BCUT2D eigenvalue weighted by Gasteiger charge is 2.16. The van der Waals surface area contributed by atoms with E-state index in [0.717, 1.165) is 0 Å². The Morgan fingerprint density at radius 2 is 2.24 bits per heavy atom. The van der Waals surface area contributed by atoms with Crippen LogP contribution in [0.3, 0.4) is 0 Å². The number of methoxy groups -OCH3 is 1. The lowest BCUT2D eigenvalue weighted by molar-refractivity contribution is 0.195. The minimum atomic E-state index is -0.655. The van der Waals surface area contributed by atoms with E-state index in [9.17, 15) is 9.50 Å². The summed E-state index contributed by atoms with van der Waals surface area (Å²) in [5, 5.41) is 11.6. The molecule has 2 aromatic rings. The standard InChI is InChI=1S/C12H12FNO2S/c1-7(15)9-6-17-12(14-9)11-8(13)4-3-5-10(11)16-2/h3-7,15H,1-2H3. The SMILES string of the molecule is COc1cccc(F)c1-c1nc(C(C)O)cs1. The summed E-state index contributed by atoms with van der Waals surface area (Å²) in [5.74, 6) is 0.0623. The summed E-state index contributed by atoms with van der Waals surface area (Å²) < 4.78 is 18.9. The zero-order valence-electron chi connectivity index (χ0n) is 9.48. The zero-order valence-corrected chi connectivity index (χ0v) is 10.3. The third-order valence-electron chi connectivity index (χ3n) is 2.36. The van der Waals surface area contributed by atoms with Crippen LogP contribution in [0, 0.1) is 5.82 Å². The first-order valence-corrected chi connectivity index (χ1v) is 5.97. The second-order valence-corrected chi connectivity index (χ2v) is 4.43. The molecule has 1 unspecified atom stereocenters. The van der Waals surface area contributed by atoms with Crippen LogP contribution in [-0.4, -0.2) is 17.2 Å². The fraction of sp³-hybridized carbons (Fsp3) is 0.250. The molecule has 0 saturated heterocycles. The molecule has 1 atom stereocenters. The molecule has 0 aliphatic heterocycles. The third kappa shape index (κ3) is 2.30. The predicted molar refractivity (Wildman–Crippen MR) is 64.7 cm³/mol. The monoisotopic (exact) mass is 253 g/mol. The molecule has 1 heterocycles. The molecule has 0 saturated carbocycles. The normalized spacial score (nSPS) is 12.5. The zero-order chi connectivity index (χ0) is 12.4. The summed E-state index contributed by atoms with van der Waals surface area (Å²) in [6.07, 6.45) is -0.655. The van der Waals surface area contributed by atoms with Gasteiger partial charge in [0.1, 0.15) is 16.6 Å². The fourth-order valence-electron chi connectivity index (χ4n) is 1.47. The van der Waals surface area contributed by atoms with Gasteiger partial charge < -0.3 is 9.84 Å². The number of hydrogen-bond donors (Lipinski definition) is 1. The van der Waals surface area contributed by atoms with Crippen LogP contribution in [0.25, 0.3) is 10.6 Å². The van der Waals surface area contributed by atoms with E-state index >= 15 is 0 Å². The number of halogens is 1. The molecular formula is C12H12FNO2S. The Labute approximate surface area is 103 Å². The van der Waals surface area contributed by atoms with Gasteiger partial charge in [0.05, 0.1) is 24.5 Å². The second-order valence-electron chi connectivity index (χ2n) is 3.57. The van der Waals surface area contributed by atoms with Gasteiger partial charge in [0.2, 0.25) is 0 Å². The molecule has 1 aromatic carbocycles. The molecule has 2 rings (SSSR count). The highest BCUT2D eigenvalue weighted by molar-refractivity contribution is 7.13. The molecule has 0 radical (unpaired) electrons. The van der Waals surface area contributed by atoms with Crippen LogP contribution >= 0.6 is 11.3 Å². The van der Waals surface area contributed by atoms with Crippen molar-refractivity contribution in [3.63, 3.8) is 0 Å². The molecule has 5 heteroatoms. The van der Waals surface area contributed by atoms with E-state index in [1.165, 1.54) is 24.5 Å². The minimum Gasteiger partial charge on any atom is -0.496 e. The quantitative estimate of drug-likeness (QED) is 0.914. The van der Waals surface area contributed by atoms with Crippen molar-refractivity contribution in [3.05, 3.63) is 35.1 Å². The maximum absolute atomic E-state index is 13.8. The van der Waals surface area contributed by atoms with Gasteiger partial charge >= 0.3 is 0 Å². The van der Waals surface area contributed by atoms with E-state index in [0.29, 0.717) is 22.0 Å².